The van der Waals surface area contributed by atoms with Crippen LogP contribution in [0, 0.1) is 0 Å². The van der Waals surface area contributed by atoms with Crippen LogP contribution in [0.1, 0.15) is 20.7 Å². The van der Waals surface area contributed by atoms with Crippen LogP contribution in [0.25, 0.3) is 11.1 Å². The van der Waals surface area contributed by atoms with Gasteiger partial charge < -0.3 is 14.8 Å². The molecular formula is C20H15Cl2NO4S. The van der Waals surface area contributed by atoms with E-state index in [0.29, 0.717) is 21.3 Å². The molecule has 28 heavy (non-hydrogen) atoms. The molecule has 2 aromatic carbocycles. The van der Waals surface area contributed by atoms with Crippen molar-refractivity contribution in [3.8, 4) is 16.9 Å². The summed E-state index contributed by atoms with van der Waals surface area (Å²) in [5.41, 5.74) is 1.97. The van der Waals surface area contributed by atoms with E-state index in [4.69, 9.17) is 32.7 Å². The van der Waals surface area contributed by atoms with Gasteiger partial charge in [-0.1, -0.05) is 35.3 Å². The van der Waals surface area contributed by atoms with Crippen LogP contribution in [-0.2, 0) is 4.74 Å². The molecule has 5 nitrogen and oxygen atoms in total. The summed E-state index contributed by atoms with van der Waals surface area (Å²) < 4.78 is 10.1. The zero-order valence-electron chi connectivity index (χ0n) is 14.9. The van der Waals surface area contributed by atoms with Crippen molar-refractivity contribution in [3.05, 3.63) is 69.0 Å². The smallest absolute Gasteiger partial charge is 0.341 e. The molecule has 3 aromatic rings. The van der Waals surface area contributed by atoms with Crippen LogP contribution in [0.5, 0.6) is 5.75 Å². The zero-order chi connectivity index (χ0) is 20.3. The molecule has 144 valence electrons. The lowest BCUT2D eigenvalue weighted by Crippen LogP contribution is -2.14. The van der Waals surface area contributed by atoms with Crippen molar-refractivity contribution in [3.63, 3.8) is 0 Å². The van der Waals surface area contributed by atoms with Gasteiger partial charge >= 0.3 is 5.97 Å². The molecule has 0 bridgehead atoms. The van der Waals surface area contributed by atoms with E-state index < -0.39 is 11.9 Å². The van der Waals surface area contributed by atoms with Crippen LogP contribution >= 0.6 is 34.5 Å². The summed E-state index contributed by atoms with van der Waals surface area (Å²) >= 11 is 13.2. The Morgan fingerprint density at radius 3 is 2.36 bits per heavy atom. The van der Waals surface area contributed by atoms with Gasteiger partial charge in [0.05, 0.1) is 24.8 Å². The maximum absolute atomic E-state index is 12.6. The topological polar surface area (TPSA) is 64.6 Å². The van der Waals surface area contributed by atoms with Gasteiger partial charge in [0.15, 0.2) is 0 Å². The second-order valence-corrected chi connectivity index (χ2v) is 7.38. The predicted molar refractivity (Wildman–Crippen MR) is 112 cm³/mol. The van der Waals surface area contributed by atoms with Gasteiger partial charge in [-0.25, -0.2) is 4.79 Å². The van der Waals surface area contributed by atoms with Crippen LogP contribution in [0.4, 0.5) is 5.00 Å². The highest BCUT2D eigenvalue weighted by Gasteiger charge is 2.23. The highest BCUT2D eigenvalue weighted by molar-refractivity contribution is 7.15. The minimum atomic E-state index is -0.551. The summed E-state index contributed by atoms with van der Waals surface area (Å²) in [5.74, 6) is -0.302. The van der Waals surface area contributed by atoms with Crippen molar-refractivity contribution in [2.24, 2.45) is 0 Å². The third-order valence-electron chi connectivity index (χ3n) is 3.98. The Balaban J connectivity index is 1.98. The lowest BCUT2D eigenvalue weighted by molar-refractivity contribution is 0.0603. The maximum Gasteiger partial charge on any atom is 0.341 e. The average Bonchev–Trinajstić information content (AvgIpc) is 3.10. The van der Waals surface area contributed by atoms with E-state index in [-0.39, 0.29) is 16.1 Å². The quantitative estimate of drug-likeness (QED) is 0.516. The fraction of sp³-hybridized carbons (Fsp3) is 0.100. The van der Waals surface area contributed by atoms with Crippen molar-refractivity contribution in [2.45, 2.75) is 0 Å². The first-order valence-corrected chi connectivity index (χ1v) is 9.68. The summed E-state index contributed by atoms with van der Waals surface area (Å²) in [6, 6.07) is 11.8. The van der Waals surface area contributed by atoms with Crippen molar-refractivity contribution in [2.75, 3.05) is 19.5 Å². The number of methoxy groups -OCH3 is 2. The Morgan fingerprint density at radius 1 is 1.04 bits per heavy atom. The van der Waals surface area contributed by atoms with E-state index in [2.05, 4.69) is 5.32 Å². The molecule has 3 rings (SSSR count). The highest BCUT2D eigenvalue weighted by Crippen LogP contribution is 2.37. The second kappa shape index (κ2) is 8.65. The molecule has 0 aliphatic rings. The SMILES string of the molecule is COC(=O)c1c(-c2ccc(OC)cc2)csc1NC(=O)c1ccc(Cl)cc1Cl. The van der Waals surface area contributed by atoms with Crippen LogP contribution in [-0.4, -0.2) is 26.1 Å². The monoisotopic (exact) mass is 435 g/mol. The molecule has 0 unspecified atom stereocenters. The van der Waals surface area contributed by atoms with Crippen molar-refractivity contribution in [1.29, 1.82) is 0 Å². The molecule has 0 aliphatic heterocycles. The number of anilines is 1. The molecule has 1 N–H and O–H groups in total. The van der Waals surface area contributed by atoms with Gasteiger partial charge in [-0.15, -0.1) is 11.3 Å². The molecule has 1 aromatic heterocycles. The summed E-state index contributed by atoms with van der Waals surface area (Å²) in [6.07, 6.45) is 0. The molecule has 1 amide bonds. The number of nitrogens with one attached hydrogen (secondary N) is 1. The lowest BCUT2D eigenvalue weighted by atomic mass is 10.0. The predicted octanol–water partition coefficient (Wildman–Crippen LogP) is 5.77. The number of esters is 1. The van der Waals surface area contributed by atoms with Gasteiger partial charge in [0.1, 0.15) is 16.3 Å². The zero-order valence-corrected chi connectivity index (χ0v) is 17.2. The Labute approximate surface area is 175 Å². The molecule has 0 atom stereocenters. The molecule has 8 heteroatoms. The lowest BCUT2D eigenvalue weighted by Gasteiger charge is -2.09. The number of hydrogen-bond donors (Lipinski definition) is 1. The normalized spacial score (nSPS) is 10.4. The second-order valence-electron chi connectivity index (χ2n) is 5.65. The number of carbonyl (C=O) groups excluding carboxylic acids is 2. The molecule has 1 heterocycles. The Bertz CT molecular complexity index is 1030. The van der Waals surface area contributed by atoms with E-state index in [1.807, 2.05) is 12.1 Å². The fourth-order valence-corrected chi connectivity index (χ4v) is 4.03. The van der Waals surface area contributed by atoms with Gasteiger partial charge in [-0.2, -0.15) is 0 Å². The van der Waals surface area contributed by atoms with E-state index in [0.717, 1.165) is 5.56 Å². The Hall–Kier alpha value is -2.54. The Morgan fingerprint density at radius 2 is 1.75 bits per heavy atom. The van der Waals surface area contributed by atoms with E-state index in [9.17, 15) is 9.59 Å². The van der Waals surface area contributed by atoms with Crippen molar-refractivity contribution < 1.29 is 19.1 Å². The van der Waals surface area contributed by atoms with Crippen molar-refractivity contribution >= 4 is 51.4 Å². The molecule has 0 saturated heterocycles. The van der Waals surface area contributed by atoms with E-state index >= 15 is 0 Å². The number of thiophene rings is 1. The number of benzene rings is 2. The molecule has 0 fully saturated rings. The standard InChI is InChI=1S/C20H15Cl2NO4S/c1-26-13-6-3-11(4-7-13)15-10-28-19(17(15)20(25)27-2)23-18(24)14-8-5-12(21)9-16(14)22/h3-10H,1-2H3,(H,23,24). The van der Waals surface area contributed by atoms with Gasteiger partial charge in [0.25, 0.3) is 5.91 Å². The summed E-state index contributed by atoms with van der Waals surface area (Å²) in [7, 11) is 2.87. The first-order valence-electron chi connectivity index (χ1n) is 8.05. The van der Waals surface area contributed by atoms with Gasteiger partial charge in [0.2, 0.25) is 0 Å². The summed E-state index contributed by atoms with van der Waals surface area (Å²) in [6.45, 7) is 0. The number of hydrogen-bond acceptors (Lipinski definition) is 5. The van der Waals surface area contributed by atoms with Crippen LogP contribution in [0.3, 0.4) is 0 Å². The maximum atomic E-state index is 12.6. The molecular weight excluding hydrogens is 421 g/mol. The minimum Gasteiger partial charge on any atom is -0.497 e. The van der Waals surface area contributed by atoms with Crippen LogP contribution < -0.4 is 10.1 Å². The minimum absolute atomic E-state index is 0.219. The first-order chi connectivity index (χ1) is 13.4. The number of ether oxygens (including phenoxy) is 2. The molecule has 0 spiro atoms. The third-order valence-corrected chi connectivity index (χ3v) is 5.43. The van der Waals surface area contributed by atoms with Crippen molar-refractivity contribution in [1.82, 2.24) is 0 Å². The highest BCUT2D eigenvalue weighted by atomic mass is 35.5. The van der Waals surface area contributed by atoms with Gasteiger partial charge in [-0.05, 0) is 35.9 Å². The van der Waals surface area contributed by atoms with E-state index in [1.165, 1.54) is 30.6 Å². The number of carbonyl (C=O) groups is 2. The average molecular weight is 436 g/mol. The summed E-state index contributed by atoms with van der Waals surface area (Å²) in [5, 5.41) is 5.54. The largest absolute Gasteiger partial charge is 0.497 e. The fourth-order valence-electron chi connectivity index (χ4n) is 2.58. The van der Waals surface area contributed by atoms with E-state index in [1.54, 1.807) is 30.7 Å². The summed E-state index contributed by atoms with van der Waals surface area (Å²) in [4.78, 5) is 25.0. The number of amides is 1. The number of halogens is 2. The number of rotatable bonds is 5. The van der Waals surface area contributed by atoms with Gasteiger partial charge in [-0.3, -0.25) is 4.79 Å². The first kappa shape index (κ1) is 20.2. The molecule has 0 radical (unpaired) electrons. The molecule has 0 aliphatic carbocycles. The van der Waals surface area contributed by atoms with Gasteiger partial charge in [0, 0.05) is 16.0 Å². The van der Waals surface area contributed by atoms with Crippen LogP contribution in [0.15, 0.2) is 47.8 Å². The molecule has 0 saturated carbocycles. The third kappa shape index (κ3) is 4.14. The van der Waals surface area contributed by atoms with Crippen LogP contribution in [0.2, 0.25) is 10.0 Å². The Kier molecular flexibility index (Phi) is 6.24.